The molecule has 2 aromatic rings. The normalized spacial score (nSPS) is 10.4. The number of hydrogen-bond donors (Lipinski definition) is 0. The van der Waals surface area contributed by atoms with Crippen molar-refractivity contribution in [3.05, 3.63) is 35.6 Å². The molecule has 0 atom stereocenters. The Bertz CT molecular complexity index is 457. The van der Waals surface area contributed by atoms with Gasteiger partial charge in [0.15, 0.2) is 0 Å². The number of rotatable bonds is 3. The highest BCUT2D eigenvalue weighted by atomic mass is 16.5. The van der Waals surface area contributed by atoms with Crippen LogP contribution in [-0.4, -0.2) is 6.47 Å². The van der Waals surface area contributed by atoms with Crippen LogP contribution in [0.2, 0.25) is 0 Å². The van der Waals surface area contributed by atoms with E-state index in [1.807, 2.05) is 25.1 Å². The lowest BCUT2D eigenvalue weighted by atomic mass is 10.1. The Morgan fingerprint density at radius 3 is 3.14 bits per heavy atom. The van der Waals surface area contributed by atoms with Gasteiger partial charge in [0.05, 0.1) is 6.26 Å². The Morgan fingerprint density at radius 2 is 2.36 bits per heavy atom. The first-order valence-corrected chi connectivity index (χ1v) is 4.33. The molecule has 0 amide bonds. The molecule has 0 saturated carbocycles. The van der Waals surface area contributed by atoms with Crippen molar-refractivity contribution in [2.45, 2.75) is 13.5 Å². The van der Waals surface area contributed by atoms with Crippen molar-refractivity contribution in [3.63, 3.8) is 0 Å². The molecule has 0 N–H and O–H groups in total. The highest BCUT2D eigenvalue weighted by Crippen LogP contribution is 2.20. The number of carbonyl (C=O) groups excluding carboxylic acids is 1. The van der Waals surface area contributed by atoms with Gasteiger partial charge in [0.25, 0.3) is 6.47 Å². The molecule has 0 unspecified atom stereocenters. The lowest BCUT2D eigenvalue weighted by molar-refractivity contribution is -0.129. The minimum atomic E-state index is 0.316. The van der Waals surface area contributed by atoms with Gasteiger partial charge in [-0.1, -0.05) is 0 Å². The van der Waals surface area contributed by atoms with Gasteiger partial charge in [0, 0.05) is 5.39 Å². The molecule has 0 radical (unpaired) electrons. The first-order valence-electron chi connectivity index (χ1n) is 4.33. The SMILES string of the molecule is Cc1cc2occc2cc1COC=O. The van der Waals surface area contributed by atoms with Crippen molar-refractivity contribution in [2.75, 3.05) is 0 Å². The first-order chi connectivity index (χ1) is 6.81. The minimum Gasteiger partial charge on any atom is -0.464 e. The number of hydrogen-bond acceptors (Lipinski definition) is 3. The lowest BCUT2D eigenvalue weighted by Gasteiger charge is -2.03. The summed E-state index contributed by atoms with van der Waals surface area (Å²) in [5.41, 5.74) is 2.93. The van der Waals surface area contributed by atoms with Crippen molar-refractivity contribution in [2.24, 2.45) is 0 Å². The largest absolute Gasteiger partial charge is 0.464 e. The Morgan fingerprint density at radius 1 is 1.50 bits per heavy atom. The van der Waals surface area contributed by atoms with E-state index >= 15 is 0 Å². The van der Waals surface area contributed by atoms with Crippen molar-refractivity contribution < 1.29 is 13.9 Å². The van der Waals surface area contributed by atoms with Gasteiger partial charge in [-0.2, -0.15) is 0 Å². The molecule has 0 spiro atoms. The van der Waals surface area contributed by atoms with Crippen LogP contribution >= 0.6 is 0 Å². The molecule has 0 aliphatic carbocycles. The number of aryl methyl sites for hydroxylation is 1. The summed E-state index contributed by atoms with van der Waals surface area (Å²) in [4.78, 5) is 10.1. The summed E-state index contributed by atoms with van der Waals surface area (Å²) in [5.74, 6) is 0. The quantitative estimate of drug-likeness (QED) is 0.697. The Balaban J connectivity index is 2.42. The zero-order valence-corrected chi connectivity index (χ0v) is 7.82. The lowest BCUT2D eigenvalue weighted by Crippen LogP contribution is -1.93. The van der Waals surface area contributed by atoms with Crippen LogP contribution in [0.5, 0.6) is 0 Å². The van der Waals surface area contributed by atoms with Crippen molar-refractivity contribution in [1.82, 2.24) is 0 Å². The zero-order chi connectivity index (χ0) is 9.97. The molecule has 0 bridgehead atoms. The van der Waals surface area contributed by atoms with Crippen molar-refractivity contribution >= 4 is 17.4 Å². The summed E-state index contributed by atoms with van der Waals surface area (Å²) in [6.07, 6.45) is 1.65. The highest BCUT2D eigenvalue weighted by molar-refractivity contribution is 5.78. The minimum absolute atomic E-state index is 0.316. The van der Waals surface area contributed by atoms with Crippen LogP contribution in [0.25, 0.3) is 11.0 Å². The Hall–Kier alpha value is -1.77. The van der Waals surface area contributed by atoms with E-state index in [4.69, 9.17) is 9.15 Å². The van der Waals surface area contributed by atoms with Crippen LogP contribution in [0.1, 0.15) is 11.1 Å². The molecule has 0 aliphatic rings. The van der Waals surface area contributed by atoms with Gasteiger partial charge < -0.3 is 9.15 Å². The fourth-order valence-corrected chi connectivity index (χ4v) is 1.44. The Labute approximate surface area is 81.3 Å². The number of benzene rings is 1. The molecule has 0 saturated heterocycles. The average Bonchev–Trinajstić information content (AvgIpc) is 2.61. The smallest absolute Gasteiger partial charge is 0.293 e. The molecular weight excluding hydrogens is 180 g/mol. The van der Waals surface area contributed by atoms with E-state index in [2.05, 4.69) is 0 Å². The van der Waals surface area contributed by atoms with E-state index in [1.165, 1.54) is 0 Å². The molecule has 3 nitrogen and oxygen atoms in total. The fraction of sp³-hybridized carbons (Fsp3) is 0.182. The summed E-state index contributed by atoms with van der Waals surface area (Å²) in [7, 11) is 0. The number of furan rings is 1. The topological polar surface area (TPSA) is 39.4 Å². The zero-order valence-electron chi connectivity index (χ0n) is 7.82. The highest BCUT2D eigenvalue weighted by Gasteiger charge is 2.03. The monoisotopic (exact) mass is 190 g/mol. The standard InChI is InChI=1S/C11H10O3/c1-8-4-11-9(2-3-14-11)5-10(8)6-13-7-12/h2-5,7H,6H2,1H3. The summed E-state index contributed by atoms with van der Waals surface area (Å²) in [6, 6.07) is 5.80. The number of ether oxygens (including phenoxy) is 1. The summed E-state index contributed by atoms with van der Waals surface area (Å²) in [5, 5.41) is 1.03. The van der Waals surface area contributed by atoms with Gasteiger partial charge in [-0.25, -0.2) is 0 Å². The van der Waals surface area contributed by atoms with E-state index in [0.29, 0.717) is 13.1 Å². The van der Waals surface area contributed by atoms with E-state index in [1.54, 1.807) is 6.26 Å². The van der Waals surface area contributed by atoms with Gasteiger partial charge >= 0.3 is 0 Å². The molecule has 3 heteroatoms. The second-order valence-corrected chi connectivity index (χ2v) is 3.14. The predicted octanol–water partition coefficient (Wildman–Crippen LogP) is 2.41. The molecular formula is C11H10O3. The van der Waals surface area contributed by atoms with E-state index in [0.717, 1.165) is 22.1 Å². The van der Waals surface area contributed by atoms with Gasteiger partial charge in [0.1, 0.15) is 12.2 Å². The van der Waals surface area contributed by atoms with Crippen LogP contribution < -0.4 is 0 Å². The molecule has 72 valence electrons. The summed E-state index contributed by atoms with van der Waals surface area (Å²) >= 11 is 0. The fourth-order valence-electron chi connectivity index (χ4n) is 1.44. The van der Waals surface area contributed by atoms with Gasteiger partial charge in [-0.05, 0) is 36.2 Å². The van der Waals surface area contributed by atoms with E-state index in [-0.39, 0.29) is 0 Å². The summed E-state index contributed by atoms with van der Waals surface area (Å²) < 4.78 is 9.96. The van der Waals surface area contributed by atoms with Gasteiger partial charge in [0.2, 0.25) is 0 Å². The molecule has 0 aliphatic heterocycles. The van der Waals surface area contributed by atoms with Gasteiger partial charge in [-0.15, -0.1) is 0 Å². The van der Waals surface area contributed by atoms with Crippen LogP contribution in [0.15, 0.2) is 28.9 Å². The maximum absolute atomic E-state index is 10.1. The van der Waals surface area contributed by atoms with E-state index in [9.17, 15) is 4.79 Å². The molecule has 14 heavy (non-hydrogen) atoms. The second kappa shape index (κ2) is 3.54. The summed E-state index contributed by atoms with van der Waals surface area (Å²) in [6.45, 7) is 2.74. The second-order valence-electron chi connectivity index (χ2n) is 3.14. The maximum Gasteiger partial charge on any atom is 0.293 e. The molecule has 1 heterocycles. The first kappa shape index (κ1) is 8.81. The van der Waals surface area contributed by atoms with Gasteiger partial charge in [-0.3, -0.25) is 4.79 Å². The number of fused-ring (bicyclic) bond motifs is 1. The van der Waals surface area contributed by atoms with Crippen LogP contribution in [0.3, 0.4) is 0 Å². The third kappa shape index (κ3) is 1.48. The van der Waals surface area contributed by atoms with Crippen LogP contribution in [0.4, 0.5) is 0 Å². The third-order valence-electron chi connectivity index (χ3n) is 2.22. The molecule has 1 aromatic carbocycles. The van der Waals surface area contributed by atoms with Crippen LogP contribution in [0, 0.1) is 6.92 Å². The van der Waals surface area contributed by atoms with Crippen LogP contribution in [-0.2, 0) is 16.1 Å². The third-order valence-corrected chi connectivity index (χ3v) is 2.22. The van der Waals surface area contributed by atoms with Crippen molar-refractivity contribution in [3.8, 4) is 0 Å². The van der Waals surface area contributed by atoms with Crippen molar-refractivity contribution in [1.29, 1.82) is 0 Å². The molecule has 2 rings (SSSR count). The number of carbonyl (C=O) groups is 1. The van der Waals surface area contributed by atoms with E-state index < -0.39 is 0 Å². The molecule has 0 fully saturated rings. The average molecular weight is 190 g/mol. The predicted molar refractivity (Wildman–Crippen MR) is 51.8 cm³/mol. The molecule has 1 aromatic heterocycles. The Kier molecular flexibility index (Phi) is 2.23. The maximum atomic E-state index is 10.1.